The summed E-state index contributed by atoms with van der Waals surface area (Å²) in [6.45, 7) is 0. The number of hydrogen-bond acceptors (Lipinski definition) is 3. The van der Waals surface area contributed by atoms with Gasteiger partial charge in [-0.1, -0.05) is 46.3 Å². The highest BCUT2D eigenvalue weighted by Gasteiger charge is 1.93. The molecule has 0 fully saturated rings. The molecular weight excluding hydrogens is 268 g/mol. The molecule has 0 bridgehead atoms. The van der Waals surface area contributed by atoms with Crippen LogP contribution in [0.1, 0.15) is 5.56 Å². The quantitative estimate of drug-likeness (QED) is 0.809. The second-order valence-electron chi connectivity index (χ2n) is 2.99. The van der Waals surface area contributed by atoms with Crippen molar-refractivity contribution < 1.29 is 0 Å². The minimum atomic E-state index is 0.977. The van der Waals surface area contributed by atoms with Gasteiger partial charge in [0.1, 0.15) is 12.7 Å². The number of benzene rings is 1. The Morgan fingerprint density at radius 2 is 1.88 bits per heavy atom. The molecule has 1 heterocycles. The van der Waals surface area contributed by atoms with Crippen molar-refractivity contribution >= 4 is 26.6 Å². The number of allylic oxidation sites excluding steroid dienone is 1. The summed E-state index contributed by atoms with van der Waals surface area (Å²) in [6.07, 6.45) is 6.61. The minimum Gasteiger partial charge on any atom is -0.208 e. The molecule has 0 unspecified atom stereocenters. The van der Waals surface area contributed by atoms with Crippen LogP contribution < -0.4 is 0 Å². The van der Waals surface area contributed by atoms with Crippen LogP contribution >= 0.6 is 15.9 Å². The van der Waals surface area contributed by atoms with Crippen LogP contribution in [-0.2, 0) is 0 Å². The third-order valence-corrected chi connectivity index (χ3v) is 2.60. The molecule has 2 aromatic rings. The molecule has 0 spiro atoms. The van der Waals surface area contributed by atoms with Crippen molar-refractivity contribution in [3.8, 4) is 0 Å². The van der Waals surface area contributed by atoms with E-state index in [4.69, 9.17) is 0 Å². The maximum atomic E-state index is 4.09. The maximum absolute atomic E-state index is 4.09. The molecular formula is C11H9BrN4. The lowest BCUT2D eigenvalue weighted by molar-refractivity contribution is 0.879. The van der Waals surface area contributed by atoms with Crippen LogP contribution in [0.2, 0.25) is 0 Å². The monoisotopic (exact) mass is 276 g/mol. The Labute approximate surface area is 101 Å². The standard InChI is InChI=1S/C11H9BrN4/c12-11(10-4-2-1-3-5-10)6-7-15-16-8-13-14-9-16/h1-9H. The molecule has 0 saturated heterocycles. The van der Waals surface area contributed by atoms with Crippen molar-refractivity contribution in [1.29, 1.82) is 0 Å². The molecule has 4 nitrogen and oxygen atoms in total. The van der Waals surface area contributed by atoms with E-state index in [2.05, 4.69) is 31.2 Å². The van der Waals surface area contributed by atoms with Crippen LogP contribution in [0, 0.1) is 0 Å². The van der Waals surface area contributed by atoms with Gasteiger partial charge in [-0.25, -0.2) is 4.68 Å². The van der Waals surface area contributed by atoms with Crippen molar-refractivity contribution in [3.63, 3.8) is 0 Å². The van der Waals surface area contributed by atoms with Crippen LogP contribution in [0.3, 0.4) is 0 Å². The first-order chi connectivity index (χ1) is 7.86. The molecule has 5 heteroatoms. The zero-order valence-electron chi connectivity index (χ0n) is 8.36. The topological polar surface area (TPSA) is 43.1 Å². The van der Waals surface area contributed by atoms with Gasteiger partial charge in [-0.05, 0) is 11.6 Å². The molecule has 0 aliphatic rings. The number of halogens is 1. The van der Waals surface area contributed by atoms with Gasteiger partial charge in [0.25, 0.3) is 0 Å². The van der Waals surface area contributed by atoms with E-state index >= 15 is 0 Å². The number of rotatable bonds is 3. The Balaban J connectivity index is 2.08. The van der Waals surface area contributed by atoms with Crippen molar-refractivity contribution in [2.24, 2.45) is 5.10 Å². The maximum Gasteiger partial charge on any atom is 0.141 e. The Bertz CT molecular complexity index is 488. The van der Waals surface area contributed by atoms with E-state index in [1.54, 1.807) is 6.21 Å². The van der Waals surface area contributed by atoms with Gasteiger partial charge in [0, 0.05) is 10.7 Å². The van der Waals surface area contributed by atoms with Crippen LogP contribution in [0.4, 0.5) is 0 Å². The molecule has 0 aliphatic carbocycles. The van der Waals surface area contributed by atoms with E-state index in [9.17, 15) is 0 Å². The highest BCUT2D eigenvalue weighted by atomic mass is 79.9. The molecule has 0 saturated carbocycles. The van der Waals surface area contributed by atoms with Crippen molar-refractivity contribution in [2.75, 3.05) is 0 Å². The Morgan fingerprint density at radius 3 is 2.56 bits per heavy atom. The van der Waals surface area contributed by atoms with E-state index in [-0.39, 0.29) is 0 Å². The molecule has 16 heavy (non-hydrogen) atoms. The second-order valence-corrected chi connectivity index (χ2v) is 3.84. The minimum absolute atomic E-state index is 0.977. The van der Waals surface area contributed by atoms with Gasteiger partial charge in [-0.3, -0.25) is 0 Å². The number of aromatic nitrogens is 3. The van der Waals surface area contributed by atoms with Gasteiger partial charge in [0.05, 0.1) is 0 Å². The normalized spacial score (nSPS) is 12.2. The van der Waals surface area contributed by atoms with Gasteiger partial charge in [-0.2, -0.15) is 5.10 Å². The fourth-order valence-electron chi connectivity index (χ4n) is 1.12. The lowest BCUT2D eigenvalue weighted by atomic mass is 10.2. The van der Waals surface area contributed by atoms with Gasteiger partial charge < -0.3 is 0 Å². The zero-order chi connectivity index (χ0) is 11.2. The van der Waals surface area contributed by atoms with Crippen LogP contribution in [0.5, 0.6) is 0 Å². The fourth-order valence-corrected chi connectivity index (χ4v) is 1.51. The summed E-state index contributed by atoms with van der Waals surface area (Å²) in [6, 6.07) is 10.00. The van der Waals surface area contributed by atoms with Gasteiger partial charge in [0.2, 0.25) is 0 Å². The highest BCUT2D eigenvalue weighted by molar-refractivity contribution is 9.15. The van der Waals surface area contributed by atoms with E-state index in [0.29, 0.717) is 0 Å². The summed E-state index contributed by atoms with van der Waals surface area (Å²) >= 11 is 3.48. The van der Waals surface area contributed by atoms with Crippen molar-refractivity contribution in [1.82, 2.24) is 14.9 Å². The molecule has 1 aromatic heterocycles. The third kappa shape index (κ3) is 2.87. The summed E-state index contributed by atoms with van der Waals surface area (Å²) in [5.74, 6) is 0. The molecule has 2 rings (SSSR count). The lowest BCUT2D eigenvalue weighted by Gasteiger charge is -1.96. The summed E-state index contributed by atoms with van der Waals surface area (Å²) < 4.78 is 2.51. The molecule has 0 aliphatic heterocycles. The predicted octanol–water partition coefficient (Wildman–Crippen LogP) is 2.55. The number of hydrogen-bond donors (Lipinski definition) is 0. The first-order valence-corrected chi connectivity index (χ1v) is 5.46. The Morgan fingerprint density at radius 1 is 1.19 bits per heavy atom. The van der Waals surface area contributed by atoms with Gasteiger partial charge in [0.15, 0.2) is 0 Å². The summed E-state index contributed by atoms with van der Waals surface area (Å²) in [7, 11) is 0. The Kier molecular flexibility index (Phi) is 3.61. The van der Waals surface area contributed by atoms with Crippen LogP contribution in [0.15, 0.2) is 54.2 Å². The predicted molar refractivity (Wildman–Crippen MR) is 67.3 cm³/mol. The molecule has 0 N–H and O–H groups in total. The summed E-state index contributed by atoms with van der Waals surface area (Å²) in [5, 5.41) is 11.4. The van der Waals surface area contributed by atoms with Crippen LogP contribution in [-0.4, -0.2) is 21.1 Å². The fraction of sp³-hybridized carbons (Fsp3) is 0. The largest absolute Gasteiger partial charge is 0.208 e. The molecule has 0 radical (unpaired) electrons. The summed E-state index contributed by atoms with van der Waals surface area (Å²) in [4.78, 5) is 0. The van der Waals surface area contributed by atoms with E-state index in [1.165, 1.54) is 17.3 Å². The summed E-state index contributed by atoms with van der Waals surface area (Å²) in [5.41, 5.74) is 1.11. The lowest BCUT2D eigenvalue weighted by Crippen LogP contribution is -1.83. The molecule has 0 amide bonds. The SMILES string of the molecule is BrC(=CC=Nn1cnnc1)c1ccccc1. The first-order valence-electron chi connectivity index (χ1n) is 4.66. The highest BCUT2D eigenvalue weighted by Crippen LogP contribution is 2.19. The van der Waals surface area contributed by atoms with E-state index < -0.39 is 0 Å². The van der Waals surface area contributed by atoms with Gasteiger partial charge in [-0.15, -0.1) is 10.2 Å². The smallest absolute Gasteiger partial charge is 0.141 e. The van der Waals surface area contributed by atoms with Crippen molar-refractivity contribution in [3.05, 3.63) is 54.6 Å². The zero-order valence-corrected chi connectivity index (χ0v) is 9.95. The van der Waals surface area contributed by atoms with Crippen molar-refractivity contribution in [2.45, 2.75) is 0 Å². The third-order valence-electron chi connectivity index (χ3n) is 1.88. The molecule has 80 valence electrons. The van der Waals surface area contributed by atoms with E-state index in [0.717, 1.165) is 10.0 Å². The average molecular weight is 277 g/mol. The Hall–Kier alpha value is -1.75. The average Bonchev–Trinajstić information content (AvgIpc) is 2.83. The van der Waals surface area contributed by atoms with Crippen LogP contribution in [0.25, 0.3) is 4.48 Å². The first kappa shape index (κ1) is 10.8. The molecule has 1 aromatic carbocycles. The second kappa shape index (κ2) is 5.37. The van der Waals surface area contributed by atoms with Gasteiger partial charge >= 0.3 is 0 Å². The number of nitrogens with zero attached hydrogens (tertiary/aromatic N) is 4. The molecule has 0 atom stereocenters. The van der Waals surface area contributed by atoms with E-state index in [1.807, 2.05) is 36.4 Å².